The number of carbonyl (C=O) groups is 4. The van der Waals surface area contributed by atoms with Crippen LogP contribution in [0.2, 0.25) is 0 Å². The highest BCUT2D eigenvalue weighted by atomic mass is 32.1. The first-order valence-electron chi connectivity index (χ1n) is 13.1. The molecule has 3 aromatic rings. The van der Waals surface area contributed by atoms with Gasteiger partial charge in [-0.25, -0.2) is 4.39 Å². The molecule has 0 amide bonds. The van der Waals surface area contributed by atoms with Gasteiger partial charge in [-0.1, -0.05) is 24.3 Å². The predicted octanol–water partition coefficient (Wildman–Crippen LogP) is 4.19. The summed E-state index contributed by atoms with van der Waals surface area (Å²) in [4.78, 5) is 49.3. The molecule has 0 N–H and O–H groups in total. The Labute approximate surface area is 245 Å². The molecule has 224 valence electrons. The Bertz CT molecular complexity index is 1450. The van der Waals surface area contributed by atoms with E-state index < -0.39 is 66.5 Å². The van der Waals surface area contributed by atoms with Gasteiger partial charge in [-0.3, -0.25) is 19.2 Å². The predicted molar refractivity (Wildman–Crippen MR) is 148 cm³/mol. The highest BCUT2D eigenvalue weighted by Crippen LogP contribution is 2.44. The molecule has 1 aliphatic rings. The van der Waals surface area contributed by atoms with E-state index in [4.69, 9.17) is 28.4 Å². The van der Waals surface area contributed by atoms with Crippen molar-refractivity contribution in [3.05, 3.63) is 70.4 Å². The average Bonchev–Trinajstić information content (AvgIpc) is 3.33. The van der Waals surface area contributed by atoms with Crippen molar-refractivity contribution >= 4 is 45.3 Å². The normalized spacial score (nSPS) is 23.7. The number of hydrogen-bond acceptors (Lipinski definition) is 11. The SMILES string of the molecule is COC1(c2ccc(F)c(Cc3cc4ccccc4s3)c2)O[C@H](COC(C)=O)[C@@H](OC(C)=O)[C@H](OC(C)=O)[C@H]1OC(C)=O. The summed E-state index contributed by atoms with van der Waals surface area (Å²) in [7, 11) is 1.27. The van der Waals surface area contributed by atoms with Crippen LogP contribution in [0.15, 0.2) is 48.5 Å². The van der Waals surface area contributed by atoms with Gasteiger partial charge in [-0.2, -0.15) is 0 Å². The lowest BCUT2D eigenvalue weighted by Gasteiger charge is -2.50. The number of carbonyl (C=O) groups excluding carboxylic acids is 4. The number of thiophene rings is 1. The molecule has 2 aromatic carbocycles. The number of benzene rings is 2. The van der Waals surface area contributed by atoms with Crippen LogP contribution in [0.4, 0.5) is 4.39 Å². The van der Waals surface area contributed by atoms with Crippen LogP contribution in [0.5, 0.6) is 0 Å². The zero-order chi connectivity index (χ0) is 30.6. The second-order valence-electron chi connectivity index (χ2n) is 9.74. The van der Waals surface area contributed by atoms with Gasteiger partial charge in [0.1, 0.15) is 18.5 Å². The third kappa shape index (κ3) is 6.77. The zero-order valence-electron chi connectivity index (χ0n) is 23.7. The first-order chi connectivity index (χ1) is 19.9. The first kappa shape index (κ1) is 31.1. The van der Waals surface area contributed by atoms with Crippen molar-refractivity contribution in [3.63, 3.8) is 0 Å². The minimum Gasteiger partial charge on any atom is -0.463 e. The number of halogens is 1. The van der Waals surface area contributed by atoms with E-state index in [0.29, 0.717) is 5.56 Å². The Hall–Kier alpha value is -3.87. The summed E-state index contributed by atoms with van der Waals surface area (Å²) >= 11 is 1.53. The molecule has 0 bridgehead atoms. The van der Waals surface area contributed by atoms with Crippen molar-refractivity contribution in [1.29, 1.82) is 0 Å². The molecule has 0 aliphatic carbocycles. The molecule has 4 rings (SSSR count). The first-order valence-corrected chi connectivity index (χ1v) is 13.9. The van der Waals surface area contributed by atoms with E-state index in [-0.39, 0.29) is 12.0 Å². The highest BCUT2D eigenvalue weighted by molar-refractivity contribution is 7.19. The fraction of sp³-hybridized carbons (Fsp3) is 0.400. The lowest BCUT2D eigenvalue weighted by molar-refractivity contribution is -0.367. The van der Waals surface area contributed by atoms with Crippen LogP contribution in [-0.2, 0) is 59.8 Å². The summed E-state index contributed by atoms with van der Waals surface area (Å²) in [5, 5.41) is 1.03. The number of esters is 4. The van der Waals surface area contributed by atoms with Crippen LogP contribution in [0.25, 0.3) is 10.1 Å². The highest BCUT2D eigenvalue weighted by Gasteiger charge is 2.61. The topological polar surface area (TPSA) is 124 Å². The summed E-state index contributed by atoms with van der Waals surface area (Å²) in [5.41, 5.74) is 0.517. The monoisotopic (exact) mass is 602 g/mol. The van der Waals surface area contributed by atoms with Crippen LogP contribution >= 0.6 is 11.3 Å². The Morgan fingerprint density at radius 2 is 1.55 bits per heavy atom. The summed E-state index contributed by atoms with van der Waals surface area (Å²) in [5.74, 6) is -5.47. The van der Waals surface area contributed by atoms with E-state index in [2.05, 4.69) is 0 Å². The second-order valence-corrected chi connectivity index (χ2v) is 10.9. The number of methoxy groups -OCH3 is 1. The fourth-order valence-electron chi connectivity index (χ4n) is 5.02. The number of rotatable bonds is 9. The molecule has 0 saturated carbocycles. The second kappa shape index (κ2) is 13.0. The van der Waals surface area contributed by atoms with Gasteiger partial charge in [-0.05, 0) is 35.2 Å². The van der Waals surface area contributed by atoms with Gasteiger partial charge < -0.3 is 28.4 Å². The summed E-state index contributed by atoms with van der Waals surface area (Å²) in [6.07, 6.45) is -5.36. The van der Waals surface area contributed by atoms with Crippen molar-refractivity contribution in [3.8, 4) is 0 Å². The summed E-state index contributed by atoms with van der Waals surface area (Å²) < 4.78 is 50.3. The molecule has 1 saturated heterocycles. The van der Waals surface area contributed by atoms with E-state index in [1.54, 1.807) is 0 Å². The zero-order valence-corrected chi connectivity index (χ0v) is 24.5. The minimum atomic E-state index is -2.00. The molecule has 1 aliphatic heterocycles. The standard InChI is InChI=1S/C30H31FO10S/c1-16(32)37-15-25-27(38-17(2)33)28(39-18(3)34)29(40-19(4)35)30(36-5,41-25)22-10-11-24(31)21(12-22)14-23-13-20-8-6-7-9-26(20)42-23/h6-13,25,27-29H,14-15H2,1-5H3/t25-,27-,28+,29-,30?/m1/s1. The maximum Gasteiger partial charge on any atom is 0.303 e. The quantitative estimate of drug-likeness (QED) is 0.260. The Morgan fingerprint density at radius 3 is 2.17 bits per heavy atom. The molecule has 5 atom stereocenters. The van der Waals surface area contributed by atoms with E-state index in [1.165, 1.54) is 43.6 Å². The average molecular weight is 603 g/mol. The van der Waals surface area contributed by atoms with E-state index in [9.17, 15) is 19.2 Å². The van der Waals surface area contributed by atoms with Crippen molar-refractivity contribution < 1.29 is 52.0 Å². The molecule has 1 unspecified atom stereocenters. The lowest BCUT2D eigenvalue weighted by Crippen LogP contribution is -2.67. The molecule has 1 fully saturated rings. The van der Waals surface area contributed by atoms with Gasteiger partial charge in [0, 0.05) is 56.4 Å². The van der Waals surface area contributed by atoms with Crippen molar-refractivity contribution in [2.45, 2.75) is 64.3 Å². The third-order valence-electron chi connectivity index (χ3n) is 6.63. The van der Waals surface area contributed by atoms with Gasteiger partial charge in [0.05, 0.1) is 0 Å². The number of fused-ring (bicyclic) bond motifs is 1. The molecule has 1 aromatic heterocycles. The fourth-order valence-corrected chi connectivity index (χ4v) is 6.11. The molecule has 12 heteroatoms. The van der Waals surface area contributed by atoms with Crippen LogP contribution in [-0.4, -0.2) is 62.0 Å². The minimum absolute atomic E-state index is 0.222. The van der Waals surface area contributed by atoms with E-state index >= 15 is 4.39 Å². The molecule has 0 radical (unpaired) electrons. The van der Waals surface area contributed by atoms with Gasteiger partial charge in [-0.15, -0.1) is 11.3 Å². The smallest absolute Gasteiger partial charge is 0.303 e. The third-order valence-corrected chi connectivity index (χ3v) is 7.75. The summed E-state index contributed by atoms with van der Waals surface area (Å²) in [6, 6.07) is 13.9. The maximum absolute atomic E-state index is 15.2. The summed E-state index contributed by atoms with van der Waals surface area (Å²) in [6.45, 7) is 4.14. The number of ether oxygens (including phenoxy) is 6. The van der Waals surface area contributed by atoms with Gasteiger partial charge >= 0.3 is 23.9 Å². The van der Waals surface area contributed by atoms with Crippen LogP contribution in [0, 0.1) is 5.82 Å². The van der Waals surface area contributed by atoms with Crippen LogP contribution < -0.4 is 0 Å². The molecule has 2 heterocycles. The van der Waals surface area contributed by atoms with Crippen LogP contribution in [0.3, 0.4) is 0 Å². The Balaban J connectivity index is 1.84. The molecule has 10 nitrogen and oxygen atoms in total. The molecule has 0 spiro atoms. The van der Waals surface area contributed by atoms with Crippen LogP contribution in [0.1, 0.15) is 43.7 Å². The molecule has 42 heavy (non-hydrogen) atoms. The molecular weight excluding hydrogens is 571 g/mol. The lowest BCUT2D eigenvalue weighted by atomic mass is 9.86. The number of hydrogen-bond donors (Lipinski definition) is 0. The van der Waals surface area contributed by atoms with Gasteiger partial charge in [0.15, 0.2) is 12.2 Å². The van der Waals surface area contributed by atoms with E-state index in [0.717, 1.165) is 35.7 Å². The van der Waals surface area contributed by atoms with Crippen molar-refractivity contribution in [1.82, 2.24) is 0 Å². The Morgan fingerprint density at radius 1 is 0.881 bits per heavy atom. The van der Waals surface area contributed by atoms with Gasteiger partial charge in [0.2, 0.25) is 11.9 Å². The molecular formula is C30H31FO10S. The maximum atomic E-state index is 15.2. The Kier molecular flexibility index (Phi) is 9.60. The largest absolute Gasteiger partial charge is 0.463 e. The van der Waals surface area contributed by atoms with E-state index in [1.807, 2.05) is 30.3 Å². The van der Waals surface area contributed by atoms with Crippen molar-refractivity contribution in [2.75, 3.05) is 13.7 Å². The van der Waals surface area contributed by atoms with Gasteiger partial charge in [0.25, 0.3) is 0 Å². The van der Waals surface area contributed by atoms with Crippen molar-refractivity contribution in [2.24, 2.45) is 0 Å².